The molecular weight excluding hydrogens is 380 g/mol. The maximum atomic E-state index is 11.9. The lowest BCUT2D eigenvalue weighted by atomic mass is 10.2. The summed E-state index contributed by atoms with van der Waals surface area (Å²) in [5.41, 5.74) is 1.41. The molecule has 2 aromatic rings. The number of benzene rings is 2. The van der Waals surface area contributed by atoms with Crippen molar-refractivity contribution in [2.24, 2.45) is 0 Å². The molecule has 0 spiro atoms. The number of rotatable bonds is 6. The minimum Gasteiger partial charge on any atom is -0.483 e. The van der Waals surface area contributed by atoms with Crippen LogP contribution in [0.4, 0.5) is 11.4 Å². The first-order valence-electron chi connectivity index (χ1n) is 6.83. The average Bonchev–Trinajstić information content (AvgIpc) is 2.55. The van der Waals surface area contributed by atoms with E-state index < -0.39 is 10.8 Å². The molecule has 2 aromatic carbocycles. The first-order chi connectivity index (χ1) is 11.4. The highest BCUT2D eigenvalue weighted by Gasteiger charge is 2.13. The lowest BCUT2D eigenvalue weighted by Gasteiger charge is -2.10. The minimum absolute atomic E-state index is 0.00789. The molecule has 0 saturated heterocycles. The molecule has 1 N–H and O–H groups in total. The normalized spacial score (nSPS) is 10.1. The van der Waals surface area contributed by atoms with Crippen molar-refractivity contribution in [3.8, 4) is 5.75 Å². The quantitative estimate of drug-likeness (QED) is 0.460. The Bertz CT molecular complexity index is 807. The van der Waals surface area contributed by atoms with Gasteiger partial charge in [0.25, 0.3) is 11.6 Å². The van der Waals surface area contributed by atoms with Crippen molar-refractivity contribution in [3.63, 3.8) is 0 Å². The van der Waals surface area contributed by atoms with Crippen molar-refractivity contribution in [2.45, 2.75) is 6.92 Å². The predicted molar refractivity (Wildman–Crippen MR) is 91.5 cm³/mol. The number of nitro groups is 1. The summed E-state index contributed by atoms with van der Waals surface area (Å²) in [6, 6.07) is 9.05. The summed E-state index contributed by atoms with van der Waals surface area (Å²) in [6.45, 7) is 1.59. The highest BCUT2D eigenvalue weighted by Crippen LogP contribution is 2.24. The van der Waals surface area contributed by atoms with Crippen LogP contribution < -0.4 is 10.1 Å². The molecule has 0 aliphatic heterocycles. The molecule has 7 nitrogen and oxygen atoms in total. The number of non-ortho nitro benzene ring substituents is 1. The predicted octanol–water partition coefficient (Wildman–Crippen LogP) is 3.50. The van der Waals surface area contributed by atoms with E-state index in [1.807, 2.05) is 19.1 Å². The molecule has 24 heavy (non-hydrogen) atoms. The van der Waals surface area contributed by atoms with Crippen LogP contribution in [0.1, 0.15) is 15.9 Å². The fourth-order valence-electron chi connectivity index (χ4n) is 1.92. The van der Waals surface area contributed by atoms with Gasteiger partial charge in [-0.15, -0.1) is 0 Å². The van der Waals surface area contributed by atoms with Crippen LogP contribution in [-0.2, 0) is 4.79 Å². The van der Waals surface area contributed by atoms with Crippen LogP contribution in [0.2, 0.25) is 0 Å². The molecule has 0 heterocycles. The van der Waals surface area contributed by atoms with Gasteiger partial charge in [-0.05, 0) is 46.6 Å². The second kappa shape index (κ2) is 7.69. The van der Waals surface area contributed by atoms with Gasteiger partial charge in [-0.25, -0.2) is 0 Å². The molecule has 124 valence electrons. The molecular formula is C16H13BrN2O5. The average molecular weight is 393 g/mol. The summed E-state index contributed by atoms with van der Waals surface area (Å²) in [5, 5.41) is 13.4. The maximum Gasteiger partial charge on any atom is 0.270 e. The first kappa shape index (κ1) is 17.6. The molecule has 0 aliphatic rings. The Labute approximate surface area is 145 Å². The fraction of sp³-hybridized carbons (Fsp3) is 0.125. The van der Waals surface area contributed by atoms with Crippen LogP contribution >= 0.6 is 15.9 Å². The summed E-state index contributed by atoms with van der Waals surface area (Å²) in [5.74, 6) is -0.316. The highest BCUT2D eigenvalue weighted by atomic mass is 79.9. The Morgan fingerprint density at radius 3 is 2.71 bits per heavy atom. The third-order valence-corrected chi connectivity index (χ3v) is 3.74. The second-order valence-corrected chi connectivity index (χ2v) is 5.77. The van der Waals surface area contributed by atoms with Gasteiger partial charge < -0.3 is 10.1 Å². The van der Waals surface area contributed by atoms with Crippen molar-refractivity contribution in [1.82, 2.24) is 0 Å². The number of hydrogen-bond acceptors (Lipinski definition) is 5. The number of aldehydes is 1. The van der Waals surface area contributed by atoms with Gasteiger partial charge in [-0.3, -0.25) is 19.7 Å². The number of carbonyl (C=O) groups is 2. The van der Waals surface area contributed by atoms with Crippen LogP contribution in [0.3, 0.4) is 0 Å². The van der Waals surface area contributed by atoms with Crippen molar-refractivity contribution in [3.05, 3.63) is 62.1 Å². The van der Waals surface area contributed by atoms with E-state index in [4.69, 9.17) is 4.74 Å². The van der Waals surface area contributed by atoms with Crippen molar-refractivity contribution < 1.29 is 19.2 Å². The van der Waals surface area contributed by atoms with Crippen LogP contribution in [0.25, 0.3) is 0 Å². The lowest BCUT2D eigenvalue weighted by Crippen LogP contribution is -2.20. The van der Waals surface area contributed by atoms with E-state index in [9.17, 15) is 19.7 Å². The fourth-order valence-corrected chi connectivity index (χ4v) is 2.52. The molecule has 0 aromatic heterocycles. The zero-order chi connectivity index (χ0) is 17.7. The second-order valence-electron chi connectivity index (χ2n) is 4.92. The van der Waals surface area contributed by atoms with Crippen molar-refractivity contribution in [1.29, 1.82) is 0 Å². The third-order valence-electron chi connectivity index (χ3n) is 3.09. The Morgan fingerprint density at radius 2 is 2.08 bits per heavy atom. The van der Waals surface area contributed by atoms with Crippen molar-refractivity contribution >= 4 is 39.5 Å². The third kappa shape index (κ3) is 4.39. The van der Waals surface area contributed by atoms with E-state index in [-0.39, 0.29) is 23.6 Å². The molecule has 0 atom stereocenters. The van der Waals surface area contributed by atoms with Gasteiger partial charge in [-0.1, -0.05) is 6.07 Å². The first-order valence-corrected chi connectivity index (χ1v) is 7.62. The molecule has 0 aliphatic carbocycles. The number of carbonyl (C=O) groups excluding carboxylic acids is 2. The van der Waals surface area contributed by atoms with E-state index in [2.05, 4.69) is 21.2 Å². The largest absolute Gasteiger partial charge is 0.483 e. The van der Waals surface area contributed by atoms with Gasteiger partial charge >= 0.3 is 0 Å². The number of amides is 1. The summed E-state index contributed by atoms with van der Waals surface area (Å²) in [4.78, 5) is 33.0. The van der Waals surface area contributed by atoms with E-state index in [1.165, 1.54) is 12.1 Å². The minimum atomic E-state index is -0.613. The maximum absolute atomic E-state index is 11.9. The molecule has 2 rings (SSSR count). The number of nitrogens with one attached hydrogen (secondary N) is 1. The highest BCUT2D eigenvalue weighted by molar-refractivity contribution is 9.10. The standard InChI is InChI=1S/C16H13BrN2O5/c1-10-2-4-14(13(17)6-10)18-16(21)9-24-15-5-3-12(19(22)23)7-11(15)8-20/h2-8H,9H2,1H3,(H,18,21). The molecule has 0 radical (unpaired) electrons. The molecule has 1 amide bonds. The number of hydrogen-bond donors (Lipinski definition) is 1. The smallest absolute Gasteiger partial charge is 0.270 e. The molecule has 0 unspecified atom stereocenters. The van der Waals surface area contributed by atoms with Crippen LogP contribution in [0, 0.1) is 17.0 Å². The lowest BCUT2D eigenvalue weighted by molar-refractivity contribution is -0.384. The number of aryl methyl sites for hydroxylation is 1. The number of anilines is 1. The number of nitro benzene ring substituents is 1. The zero-order valence-corrected chi connectivity index (χ0v) is 14.2. The Morgan fingerprint density at radius 1 is 1.33 bits per heavy atom. The number of halogens is 1. The van der Waals surface area contributed by atoms with Gasteiger partial charge in [0.15, 0.2) is 12.9 Å². The monoisotopic (exact) mass is 392 g/mol. The van der Waals surface area contributed by atoms with Gasteiger partial charge in [0, 0.05) is 16.6 Å². The summed E-state index contributed by atoms with van der Waals surface area (Å²) >= 11 is 3.35. The Balaban J connectivity index is 2.03. The van der Waals surface area contributed by atoms with Crippen LogP contribution in [0.15, 0.2) is 40.9 Å². The zero-order valence-electron chi connectivity index (χ0n) is 12.6. The molecule has 0 bridgehead atoms. The van der Waals surface area contributed by atoms with E-state index in [0.717, 1.165) is 16.1 Å². The molecule has 0 fully saturated rings. The molecule has 0 saturated carbocycles. The Kier molecular flexibility index (Phi) is 5.64. The summed E-state index contributed by atoms with van der Waals surface area (Å²) < 4.78 is 6.02. The van der Waals surface area contributed by atoms with Gasteiger partial charge in [0.05, 0.1) is 16.2 Å². The van der Waals surface area contributed by atoms with E-state index in [1.54, 1.807) is 6.07 Å². The SMILES string of the molecule is Cc1ccc(NC(=O)COc2ccc([N+](=O)[O-])cc2C=O)c(Br)c1. The van der Waals surface area contributed by atoms with Crippen LogP contribution in [-0.4, -0.2) is 23.7 Å². The van der Waals surface area contributed by atoms with Gasteiger partial charge in [0.2, 0.25) is 0 Å². The van der Waals surface area contributed by atoms with Crippen LogP contribution in [0.5, 0.6) is 5.75 Å². The van der Waals surface area contributed by atoms with E-state index >= 15 is 0 Å². The topological polar surface area (TPSA) is 98.5 Å². The van der Waals surface area contributed by atoms with Gasteiger partial charge in [0.1, 0.15) is 5.75 Å². The summed E-state index contributed by atoms with van der Waals surface area (Å²) in [6.07, 6.45) is 0.441. The summed E-state index contributed by atoms with van der Waals surface area (Å²) in [7, 11) is 0. The molecule has 8 heteroatoms. The van der Waals surface area contributed by atoms with Gasteiger partial charge in [-0.2, -0.15) is 0 Å². The number of nitrogens with zero attached hydrogens (tertiary/aromatic N) is 1. The Hall–Kier alpha value is -2.74. The van der Waals surface area contributed by atoms with E-state index in [0.29, 0.717) is 12.0 Å². The number of ether oxygens (including phenoxy) is 1. The van der Waals surface area contributed by atoms with Crippen molar-refractivity contribution in [2.75, 3.05) is 11.9 Å².